The predicted molar refractivity (Wildman–Crippen MR) is 100.0 cm³/mol. The standard InChI is InChI=1S/C20H21N5O3/c1-12-9-16(22-24(12)2)20(26)25-10-14(11-25)27-17-6-4-3-5-15(17)19-21-18(23-28-19)13-7-8-13/h3-6,9,13-14H,7-8,10-11H2,1-2H3. The summed E-state index contributed by atoms with van der Waals surface area (Å²) in [5, 5.41) is 8.34. The van der Waals surface area contributed by atoms with E-state index in [1.807, 2.05) is 38.2 Å². The van der Waals surface area contributed by atoms with E-state index in [9.17, 15) is 4.79 Å². The van der Waals surface area contributed by atoms with Crippen molar-refractivity contribution >= 4 is 5.91 Å². The summed E-state index contributed by atoms with van der Waals surface area (Å²) in [4.78, 5) is 18.8. The lowest BCUT2D eigenvalue weighted by molar-refractivity contribution is 0.0174. The Labute approximate surface area is 162 Å². The SMILES string of the molecule is Cc1cc(C(=O)N2CC(Oc3ccccc3-c3nc(C4CC4)no3)C2)nn1C. The summed E-state index contributed by atoms with van der Waals surface area (Å²) in [5.74, 6) is 2.32. The van der Waals surface area contributed by atoms with Crippen LogP contribution in [0.1, 0.15) is 40.8 Å². The Morgan fingerprint density at radius 2 is 2.04 bits per heavy atom. The number of ether oxygens (including phenoxy) is 1. The lowest BCUT2D eigenvalue weighted by Crippen LogP contribution is -2.56. The van der Waals surface area contributed by atoms with E-state index < -0.39 is 0 Å². The molecular weight excluding hydrogens is 358 g/mol. The number of amides is 1. The molecule has 1 aromatic carbocycles. The van der Waals surface area contributed by atoms with Crippen LogP contribution in [0.2, 0.25) is 0 Å². The molecular formula is C20H21N5O3. The molecule has 3 heterocycles. The van der Waals surface area contributed by atoms with E-state index in [0.29, 0.717) is 36.3 Å². The summed E-state index contributed by atoms with van der Waals surface area (Å²) in [6, 6.07) is 9.44. The van der Waals surface area contributed by atoms with Gasteiger partial charge in [-0.3, -0.25) is 9.48 Å². The molecule has 0 spiro atoms. The van der Waals surface area contributed by atoms with Crippen LogP contribution in [-0.4, -0.2) is 49.9 Å². The number of aryl methyl sites for hydroxylation is 2. The highest BCUT2D eigenvalue weighted by Crippen LogP contribution is 2.39. The molecule has 2 fully saturated rings. The second-order valence-corrected chi connectivity index (χ2v) is 7.47. The molecule has 0 unspecified atom stereocenters. The Morgan fingerprint density at radius 1 is 1.25 bits per heavy atom. The average Bonchev–Trinajstić information content (AvgIpc) is 3.30. The molecule has 1 amide bonds. The fourth-order valence-electron chi connectivity index (χ4n) is 3.28. The van der Waals surface area contributed by atoms with Crippen molar-refractivity contribution in [2.75, 3.05) is 13.1 Å². The predicted octanol–water partition coefficient (Wildman–Crippen LogP) is 2.56. The van der Waals surface area contributed by atoms with Gasteiger partial charge in [-0.15, -0.1) is 0 Å². The molecule has 28 heavy (non-hydrogen) atoms. The number of likely N-dealkylation sites (tertiary alicyclic amines) is 1. The number of para-hydroxylation sites is 1. The molecule has 8 nitrogen and oxygen atoms in total. The Kier molecular flexibility index (Phi) is 3.92. The van der Waals surface area contributed by atoms with Crippen LogP contribution in [0.3, 0.4) is 0 Å². The minimum absolute atomic E-state index is 0.0668. The van der Waals surface area contributed by atoms with E-state index in [-0.39, 0.29) is 12.0 Å². The maximum absolute atomic E-state index is 12.5. The first-order chi connectivity index (χ1) is 13.6. The first-order valence-corrected chi connectivity index (χ1v) is 9.48. The highest BCUT2D eigenvalue weighted by Gasteiger charge is 2.35. The van der Waals surface area contributed by atoms with Gasteiger partial charge in [0.05, 0.1) is 18.7 Å². The summed E-state index contributed by atoms with van der Waals surface area (Å²) in [5.41, 5.74) is 2.21. The topological polar surface area (TPSA) is 86.3 Å². The van der Waals surface area contributed by atoms with Gasteiger partial charge in [0.15, 0.2) is 11.5 Å². The minimum atomic E-state index is -0.0688. The molecule has 3 aromatic rings. The van der Waals surface area contributed by atoms with Crippen molar-refractivity contribution in [3.8, 4) is 17.2 Å². The third-order valence-electron chi connectivity index (χ3n) is 5.26. The summed E-state index contributed by atoms with van der Waals surface area (Å²) in [6.07, 6.45) is 2.18. The van der Waals surface area contributed by atoms with Gasteiger partial charge in [0.1, 0.15) is 11.9 Å². The number of nitrogens with zero attached hydrogens (tertiary/aromatic N) is 5. The van der Waals surface area contributed by atoms with Crippen molar-refractivity contribution in [1.29, 1.82) is 0 Å². The van der Waals surface area contributed by atoms with Crippen LogP contribution in [-0.2, 0) is 7.05 Å². The van der Waals surface area contributed by atoms with Gasteiger partial charge in [0.25, 0.3) is 11.8 Å². The Hall–Kier alpha value is -3.16. The zero-order chi connectivity index (χ0) is 19.3. The molecule has 1 aliphatic carbocycles. The molecule has 5 rings (SSSR count). The summed E-state index contributed by atoms with van der Waals surface area (Å²) in [7, 11) is 1.83. The average molecular weight is 379 g/mol. The van der Waals surface area contributed by atoms with Gasteiger partial charge in [0, 0.05) is 18.7 Å². The fourth-order valence-corrected chi connectivity index (χ4v) is 3.28. The smallest absolute Gasteiger partial charge is 0.274 e. The van der Waals surface area contributed by atoms with Crippen molar-refractivity contribution in [3.05, 3.63) is 47.5 Å². The first-order valence-electron chi connectivity index (χ1n) is 9.48. The molecule has 0 radical (unpaired) electrons. The van der Waals surface area contributed by atoms with Crippen LogP contribution < -0.4 is 4.74 Å². The molecule has 144 valence electrons. The van der Waals surface area contributed by atoms with Crippen molar-refractivity contribution in [1.82, 2.24) is 24.8 Å². The van der Waals surface area contributed by atoms with E-state index in [0.717, 1.165) is 29.9 Å². The number of benzene rings is 1. The summed E-state index contributed by atoms with van der Waals surface area (Å²) < 4.78 is 13.3. The van der Waals surface area contributed by atoms with Crippen molar-refractivity contribution in [3.63, 3.8) is 0 Å². The fraction of sp³-hybridized carbons (Fsp3) is 0.400. The van der Waals surface area contributed by atoms with Gasteiger partial charge in [-0.2, -0.15) is 10.1 Å². The second-order valence-electron chi connectivity index (χ2n) is 7.47. The van der Waals surface area contributed by atoms with Crippen LogP contribution in [0.25, 0.3) is 11.5 Å². The lowest BCUT2D eigenvalue weighted by atomic mass is 10.1. The molecule has 1 saturated carbocycles. The molecule has 0 atom stereocenters. The van der Waals surface area contributed by atoms with Crippen LogP contribution >= 0.6 is 0 Å². The van der Waals surface area contributed by atoms with Gasteiger partial charge in [-0.05, 0) is 38.0 Å². The quantitative estimate of drug-likeness (QED) is 0.677. The van der Waals surface area contributed by atoms with E-state index in [4.69, 9.17) is 9.26 Å². The molecule has 8 heteroatoms. The van der Waals surface area contributed by atoms with Crippen LogP contribution in [0, 0.1) is 6.92 Å². The Morgan fingerprint density at radius 3 is 2.75 bits per heavy atom. The molecule has 0 N–H and O–H groups in total. The zero-order valence-electron chi connectivity index (χ0n) is 15.8. The van der Waals surface area contributed by atoms with Gasteiger partial charge >= 0.3 is 0 Å². The molecule has 1 aliphatic heterocycles. The van der Waals surface area contributed by atoms with Gasteiger partial charge in [-0.1, -0.05) is 17.3 Å². The molecule has 0 bridgehead atoms. The van der Waals surface area contributed by atoms with Gasteiger partial charge < -0.3 is 14.2 Å². The van der Waals surface area contributed by atoms with E-state index >= 15 is 0 Å². The van der Waals surface area contributed by atoms with Gasteiger partial charge in [0.2, 0.25) is 0 Å². The third-order valence-corrected chi connectivity index (χ3v) is 5.26. The Balaban J connectivity index is 1.26. The monoisotopic (exact) mass is 379 g/mol. The number of aromatic nitrogens is 4. The van der Waals surface area contributed by atoms with Crippen LogP contribution in [0.15, 0.2) is 34.9 Å². The number of hydrogen-bond donors (Lipinski definition) is 0. The zero-order valence-corrected chi connectivity index (χ0v) is 15.8. The lowest BCUT2D eigenvalue weighted by Gasteiger charge is -2.38. The number of carbonyl (C=O) groups excluding carboxylic acids is 1. The largest absolute Gasteiger partial charge is 0.486 e. The van der Waals surface area contributed by atoms with Crippen LogP contribution in [0.4, 0.5) is 0 Å². The van der Waals surface area contributed by atoms with Crippen LogP contribution in [0.5, 0.6) is 5.75 Å². The van der Waals surface area contributed by atoms with Crippen molar-refractivity contribution < 1.29 is 14.1 Å². The summed E-state index contributed by atoms with van der Waals surface area (Å²) >= 11 is 0. The van der Waals surface area contributed by atoms with E-state index in [1.54, 1.807) is 15.6 Å². The number of rotatable bonds is 5. The molecule has 2 aromatic heterocycles. The molecule has 1 saturated heterocycles. The summed E-state index contributed by atoms with van der Waals surface area (Å²) in [6.45, 7) is 2.98. The van der Waals surface area contributed by atoms with E-state index in [1.165, 1.54) is 0 Å². The highest BCUT2D eigenvalue weighted by molar-refractivity contribution is 5.93. The maximum atomic E-state index is 12.5. The normalized spacial score (nSPS) is 16.9. The first kappa shape index (κ1) is 17.0. The molecule has 2 aliphatic rings. The van der Waals surface area contributed by atoms with Crippen molar-refractivity contribution in [2.24, 2.45) is 7.05 Å². The number of carbonyl (C=O) groups is 1. The van der Waals surface area contributed by atoms with Crippen molar-refractivity contribution in [2.45, 2.75) is 31.8 Å². The minimum Gasteiger partial charge on any atom is -0.486 e. The second kappa shape index (κ2) is 6.47. The maximum Gasteiger partial charge on any atom is 0.274 e. The third kappa shape index (κ3) is 3.04. The van der Waals surface area contributed by atoms with Gasteiger partial charge in [-0.25, -0.2) is 0 Å². The van der Waals surface area contributed by atoms with E-state index in [2.05, 4.69) is 15.2 Å². The Bertz CT molecular complexity index is 1010. The number of hydrogen-bond acceptors (Lipinski definition) is 6. The highest BCUT2D eigenvalue weighted by atomic mass is 16.5.